The smallest absolute Gasteiger partial charge is 0.270 e. The van der Waals surface area contributed by atoms with Gasteiger partial charge in [0.25, 0.3) is 11.8 Å². The predicted molar refractivity (Wildman–Crippen MR) is 121 cm³/mol. The summed E-state index contributed by atoms with van der Waals surface area (Å²) < 4.78 is 19.2. The van der Waals surface area contributed by atoms with Gasteiger partial charge in [0.2, 0.25) is 0 Å². The molecule has 2 aromatic carbocycles. The van der Waals surface area contributed by atoms with Gasteiger partial charge in [0.15, 0.2) is 5.11 Å². The van der Waals surface area contributed by atoms with Crippen LogP contribution in [0.5, 0.6) is 0 Å². The van der Waals surface area contributed by atoms with Crippen LogP contribution in [0.15, 0.2) is 70.7 Å². The summed E-state index contributed by atoms with van der Waals surface area (Å²) in [6.45, 7) is 4.16. The van der Waals surface area contributed by atoms with E-state index in [0.717, 1.165) is 5.56 Å². The molecular formula is C24H19FN2O3S. The lowest BCUT2D eigenvalue weighted by atomic mass is 10.0. The number of anilines is 1. The van der Waals surface area contributed by atoms with Crippen LogP contribution in [-0.4, -0.2) is 16.9 Å². The van der Waals surface area contributed by atoms with Gasteiger partial charge in [-0.15, -0.1) is 0 Å². The number of nitrogens with zero attached hydrogens (tertiary/aromatic N) is 1. The summed E-state index contributed by atoms with van der Waals surface area (Å²) in [5.74, 6) is -0.474. The van der Waals surface area contributed by atoms with Gasteiger partial charge in [0.05, 0.1) is 5.69 Å². The van der Waals surface area contributed by atoms with E-state index in [-0.39, 0.29) is 16.5 Å². The van der Waals surface area contributed by atoms with Crippen molar-refractivity contribution in [1.82, 2.24) is 5.32 Å². The molecule has 2 amide bonds. The minimum atomic E-state index is -0.603. The molecule has 0 bridgehead atoms. The second kappa shape index (κ2) is 8.28. The number of nitrogens with one attached hydrogen (secondary N) is 1. The number of carbonyl (C=O) groups is 2. The highest BCUT2D eigenvalue weighted by molar-refractivity contribution is 7.80. The highest BCUT2D eigenvalue weighted by Gasteiger charge is 2.34. The molecule has 7 heteroatoms. The van der Waals surface area contributed by atoms with Gasteiger partial charge in [-0.25, -0.2) is 4.39 Å². The monoisotopic (exact) mass is 434 g/mol. The Balaban J connectivity index is 1.65. The van der Waals surface area contributed by atoms with E-state index in [1.54, 1.807) is 36.4 Å². The number of halogens is 1. The van der Waals surface area contributed by atoms with E-state index in [0.29, 0.717) is 28.7 Å². The van der Waals surface area contributed by atoms with Crippen LogP contribution >= 0.6 is 12.2 Å². The summed E-state index contributed by atoms with van der Waals surface area (Å²) in [5, 5.41) is 2.57. The topological polar surface area (TPSA) is 62.6 Å². The van der Waals surface area contributed by atoms with Crippen LogP contribution in [0.3, 0.4) is 0 Å². The number of thiocarbonyl (C=S) groups is 1. The van der Waals surface area contributed by atoms with Gasteiger partial charge in [-0.3, -0.25) is 19.8 Å². The molecule has 5 nitrogen and oxygen atoms in total. The van der Waals surface area contributed by atoms with E-state index in [4.69, 9.17) is 16.6 Å². The van der Waals surface area contributed by atoms with Crippen molar-refractivity contribution in [3.8, 4) is 11.3 Å². The maximum atomic E-state index is 13.5. The Labute approximate surface area is 184 Å². The standard InChI is InChI=1S/C24H19FN2O3S/c1-14(2)15-6-8-18(9-7-15)27-23(29)20(22(28)26-24(27)31)13-19-10-11-21(30-19)16-4-3-5-17(25)12-16/h3-14H,1-2H3,(H,26,28,31)/b20-13+. The summed E-state index contributed by atoms with van der Waals surface area (Å²) in [6, 6.07) is 16.7. The van der Waals surface area contributed by atoms with Crippen LogP contribution in [0, 0.1) is 5.82 Å². The molecule has 1 fully saturated rings. The zero-order chi connectivity index (χ0) is 22.1. The molecule has 31 heavy (non-hydrogen) atoms. The molecule has 0 unspecified atom stereocenters. The molecule has 1 aromatic heterocycles. The predicted octanol–water partition coefficient (Wildman–Crippen LogP) is 5.04. The molecule has 0 spiro atoms. The quantitative estimate of drug-likeness (QED) is 0.355. The van der Waals surface area contributed by atoms with Crippen molar-refractivity contribution in [2.24, 2.45) is 0 Å². The molecule has 1 saturated heterocycles. The van der Waals surface area contributed by atoms with Crippen LogP contribution in [0.4, 0.5) is 10.1 Å². The molecule has 1 aliphatic heterocycles. The van der Waals surface area contributed by atoms with E-state index >= 15 is 0 Å². The number of benzene rings is 2. The third kappa shape index (κ3) is 4.18. The molecular weight excluding hydrogens is 415 g/mol. The summed E-state index contributed by atoms with van der Waals surface area (Å²) in [4.78, 5) is 26.8. The van der Waals surface area contributed by atoms with Crippen LogP contribution < -0.4 is 10.2 Å². The number of hydrogen-bond acceptors (Lipinski definition) is 4. The second-order valence-corrected chi connectivity index (χ2v) is 7.80. The fourth-order valence-corrected chi connectivity index (χ4v) is 3.55. The number of carbonyl (C=O) groups excluding carboxylic acids is 2. The van der Waals surface area contributed by atoms with Gasteiger partial charge >= 0.3 is 0 Å². The van der Waals surface area contributed by atoms with Crippen LogP contribution in [-0.2, 0) is 9.59 Å². The first-order chi connectivity index (χ1) is 14.8. The minimum absolute atomic E-state index is 0.0179. The average molecular weight is 434 g/mol. The minimum Gasteiger partial charge on any atom is -0.457 e. The van der Waals surface area contributed by atoms with E-state index in [9.17, 15) is 14.0 Å². The molecule has 0 radical (unpaired) electrons. The van der Waals surface area contributed by atoms with E-state index < -0.39 is 11.8 Å². The first-order valence-corrected chi connectivity index (χ1v) is 10.1. The highest BCUT2D eigenvalue weighted by Crippen LogP contribution is 2.27. The van der Waals surface area contributed by atoms with Crippen molar-refractivity contribution in [3.05, 3.63) is 83.4 Å². The lowest BCUT2D eigenvalue weighted by Crippen LogP contribution is -2.54. The van der Waals surface area contributed by atoms with Crippen molar-refractivity contribution in [3.63, 3.8) is 0 Å². The highest BCUT2D eigenvalue weighted by atomic mass is 32.1. The Morgan fingerprint density at radius 2 is 1.81 bits per heavy atom. The zero-order valence-electron chi connectivity index (χ0n) is 16.9. The molecule has 156 valence electrons. The molecule has 0 atom stereocenters. The normalized spacial score (nSPS) is 15.7. The van der Waals surface area contributed by atoms with Crippen molar-refractivity contribution in [2.45, 2.75) is 19.8 Å². The Morgan fingerprint density at radius 3 is 2.48 bits per heavy atom. The fraction of sp³-hybridized carbons (Fsp3) is 0.125. The molecule has 2 heterocycles. The van der Waals surface area contributed by atoms with Crippen LogP contribution in [0.2, 0.25) is 0 Å². The SMILES string of the molecule is CC(C)c1ccc(N2C(=O)/C(=C/c3ccc(-c4cccc(F)c4)o3)C(=O)NC2=S)cc1. The second-order valence-electron chi connectivity index (χ2n) is 7.42. The number of hydrogen-bond donors (Lipinski definition) is 1. The van der Waals surface area contributed by atoms with Crippen molar-refractivity contribution >= 4 is 40.9 Å². The summed E-state index contributed by atoms with van der Waals surface area (Å²) in [5.41, 5.74) is 2.13. The van der Waals surface area contributed by atoms with Gasteiger partial charge in [0, 0.05) is 5.56 Å². The number of amides is 2. The molecule has 1 aliphatic rings. The van der Waals surface area contributed by atoms with E-state index in [2.05, 4.69) is 19.2 Å². The lowest BCUT2D eigenvalue weighted by Gasteiger charge is -2.29. The number of rotatable bonds is 4. The maximum Gasteiger partial charge on any atom is 0.270 e. The lowest BCUT2D eigenvalue weighted by molar-refractivity contribution is -0.122. The van der Waals surface area contributed by atoms with Crippen LogP contribution in [0.1, 0.15) is 31.1 Å². The molecule has 1 N–H and O–H groups in total. The van der Waals surface area contributed by atoms with Gasteiger partial charge in [-0.1, -0.05) is 38.1 Å². The van der Waals surface area contributed by atoms with E-state index in [1.807, 2.05) is 12.1 Å². The van der Waals surface area contributed by atoms with Gasteiger partial charge in [-0.05, 0) is 66.2 Å². The van der Waals surface area contributed by atoms with Gasteiger partial charge in [0.1, 0.15) is 22.9 Å². The maximum absolute atomic E-state index is 13.5. The number of furan rings is 1. The van der Waals surface area contributed by atoms with Crippen LogP contribution in [0.25, 0.3) is 17.4 Å². The van der Waals surface area contributed by atoms with Crippen molar-refractivity contribution in [2.75, 3.05) is 4.90 Å². The third-order valence-electron chi connectivity index (χ3n) is 4.94. The molecule has 3 aromatic rings. The van der Waals surface area contributed by atoms with Crippen molar-refractivity contribution in [1.29, 1.82) is 0 Å². The molecule has 0 saturated carbocycles. The van der Waals surface area contributed by atoms with Crippen molar-refractivity contribution < 1.29 is 18.4 Å². The summed E-state index contributed by atoms with van der Waals surface area (Å²) >= 11 is 5.23. The first kappa shape index (κ1) is 20.7. The average Bonchev–Trinajstić information content (AvgIpc) is 3.20. The zero-order valence-corrected chi connectivity index (χ0v) is 17.7. The summed E-state index contributed by atoms with van der Waals surface area (Å²) in [7, 11) is 0. The Kier molecular flexibility index (Phi) is 5.52. The van der Waals surface area contributed by atoms with E-state index in [1.165, 1.54) is 23.1 Å². The Hall–Kier alpha value is -3.58. The summed E-state index contributed by atoms with van der Waals surface area (Å²) in [6.07, 6.45) is 1.36. The fourth-order valence-electron chi connectivity index (χ4n) is 3.27. The van der Waals surface area contributed by atoms with Gasteiger partial charge < -0.3 is 4.42 Å². The van der Waals surface area contributed by atoms with Gasteiger partial charge in [-0.2, -0.15) is 0 Å². The first-order valence-electron chi connectivity index (χ1n) is 9.70. The molecule has 4 rings (SSSR count). The largest absolute Gasteiger partial charge is 0.457 e. The third-order valence-corrected chi connectivity index (χ3v) is 5.23. The molecule has 0 aliphatic carbocycles. The Morgan fingerprint density at radius 1 is 1.06 bits per heavy atom. The Bertz CT molecular complexity index is 1210.